The molecular weight excluding hydrogens is 314 g/mol. The Morgan fingerprint density at radius 3 is 2.78 bits per heavy atom. The zero-order valence-corrected chi connectivity index (χ0v) is 13.0. The number of rotatable bonds is 3. The number of amides is 2. The number of amidine groups is 1. The molecule has 6 nitrogen and oxygen atoms in total. The van der Waals surface area contributed by atoms with E-state index in [-0.39, 0.29) is 5.91 Å². The number of aryl methyl sites for hydroxylation is 1. The number of benzene rings is 1. The van der Waals surface area contributed by atoms with Crippen molar-refractivity contribution in [1.29, 1.82) is 0 Å². The Morgan fingerprint density at radius 1 is 1.30 bits per heavy atom. The smallest absolute Gasteiger partial charge is 0.264 e. The van der Waals surface area contributed by atoms with E-state index in [2.05, 4.69) is 10.3 Å². The predicted octanol–water partition coefficient (Wildman–Crippen LogP) is 2.58. The molecule has 2 aromatic rings. The standard InChI is InChI=1S/C16H13N3O3S/c1-9-6-7-10(22-9)8-13-15(21)19-16(23-13)18-12-5-3-2-4-11(12)14(17)20/h2-8H,1H3,(H2,17,20)(H,18,19,21)/b13-8+. The van der Waals surface area contributed by atoms with E-state index >= 15 is 0 Å². The molecule has 23 heavy (non-hydrogen) atoms. The van der Waals surface area contributed by atoms with Crippen molar-refractivity contribution in [2.75, 3.05) is 0 Å². The highest BCUT2D eigenvalue weighted by atomic mass is 32.2. The van der Waals surface area contributed by atoms with Crippen LogP contribution in [-0.2, 0) is 4.79 Å². The molecule has 2 heterocycles. The molecule has 1 aromatic heterocycles. The van der Waals surface area contributed by atoms with Gasteiger partial charge in [-0.1, -0.05) is 12.1 Å². The Kier molecular flexibility index (Phi) is 4.03. The van der Waals surface area contributed by atoms with Crippen LogP contribution in [0.2, 0.25) is 0 Å². The van der Waals surface area contributed by atoms with Crippen LogP contribution in [0, 0.1) is 6.92 Å². The second-order valence-corrected chi connectivity index (χ2v) is 5.84. The molecule has 116 valence electrons. The molecule has 0 saturated carbocycles. The highest BCUT2D eigenvalue weighted by Crippen LogP contribution is 2.29. The first kappa shape index (κ1) is 15.1. The topological polar surface area (TPSA) is 97.7 Å². The fourth-order valence-corrected chi connectivity index (χ4v) is 2.84. The predicted molar refractivity (Wildman–Crippen MR) is 89.2 cm³/mol. The van der Waals surface area contributed by atoms with Crippen molar-refractivity contribution >= 4 is 40.5 Å². The van der Waals surface area contributed by atoms with Crippen LogP contribution in [0.25, 0.3) is 6.08 Å². The van der Waals surface area contributed by atoms with Gasteiger partial charge in [0.25, 0.3) is 11.8 Å². The van der Waals surface area contributed by atoms with E-state index in [4.69, 9.17) is 10.2 Å². The van der Waals surface area contributed by atoms with Crippen LogP contribution >= 0.6 is 11.8 Å². The van der Waals surface area contributed by atoms with E-state index in [0.717, 1.165) is 5.76 Å². The minimum Gasteiger partial charge on any atom is -0.462 e. The Hall–Kier alpha value is -2.80. The Bertz CT molecular complexity index is 852. The van der Waals surface area contributed by atoms with E-state index in [1.165, 1.54) is 11.8 Å². The molecule has 0 aliphatic carbocycles. The summed E-state index contributed by atoms with van der Waals surface area (Å²) in [6.45, 7) is 1.83. The molecule has 1 aliphatic heterocycles. The van der Waals surface area contributed by atoms with Crippen LogP contribution in [0.3, 0.4) is 0 Å². The first-order valence-electron chi connectivity index (χ1n) is 6.78. The molecule has 0 bridgehead atoms. The molecule has 0 atom stereocenters. The van der Waals surface area contributed by atoms with Crippen molar-refractivity contribution in [2.24, 2.45) is 10.7 Å². The number of thioether (sulfide) groups is 1. The molecular formula is C16H13N3O3S. The van der Waals surface area contributed by atoms with Gasteiger partial charge >= 0.3 is 0 Å². The minimum atomic E-state index is -0.568. The lowest BCUT2D eigenvalue weighted by atomic mass is 10.2. The summed E-state index contributed by atoms with van der Waals surface area (Å²) in [4.78, 5) is 28.2. The lowest BCUT2D eigenvalue weighted by Gasteiger charge is -2.01. The van der Waals surface area contributed by atoms with Gasteiger partial charge in [0.1, 0.15) is 11.5 Å². The summed E-state index contributed by atoms with van der Waals surface area (Å²) in [6.07, 6.45) is 1.65. The number of aliphatic imine (C=N–C) groups is 1. The van der Waals surface area contributed by atoms with Gasteiger partial charge in [-0.05, 0) is 43.0 Å². The molecule has 1 saturated heterocycles. The highest BCUT2D eigenvalue weighted by Gasteiger charge is 2.24. The van der Waals surface area contributed by atoms with Crippen LogP contribution < -0.4 is 11.1 Å². The second kappa shape index (κ2) is 6.13. The maximum absolute atomic E-state index is 12.0. The molecule has 2 amide bonds. The maximum atomic E-state index is 12.0. The normalized spacial score (nSPS) is 17.7. The van der Waals surface area contributed by atoms with Gasteiger partial charge in [0, 0.05) is 6.08 Å². The quantitative estimate of drug-likeness (QED) is 0.847. The fraction of sp³-hybridized carbons (Fsp3) is 0.0625. The van der Waals surface area contributed by atoms with Gasteiger partial charge in [-0.25, -0.2) is 4.99 Å². The van der Waals surface area contributed by atoms with Gasteiger partial charge < -0.3 is 15.5 Å². The highest BCUT2D eigenvalue weighted by molar-refractivity contribution is 8.18. The van der Waals surface area contributed by atoms with Gasteiger partial charge in [0.05, 0.1) is 16.2 Å². The van der Waals surface area contributed by atoms with Gasteiger partial charge in [-0.3, -0.25) is 9.59 Å². The molecule has 7 heteroatoms. The summed E-state index contributed by atoms with van der Waals surface area (Å²) in [6, 6.07) is 10.3. The van der Waals surface area contributed by atoms with Crippen molar-refractivity contribution in [2.45, 2.75) is 6.92 Å². The van der Waals surface area contributed by atoms with Crippen LogP contribution in [0.1, 0.15) is 21.9 Å². The average Bonchev–Trinajstić information content (AvgIpc) is 3.06. The monoisotopic (exact) mass is 327 g/mol. The van der Waals surface area contributed by atoms with Crippen molar-refractivity contribution < 1.29 is 14.0 Å². The summed E-state index contributed by atoms with van der Waals surface area (Å²) >= 11 is 1.18. The Balaban J connectivity index is 1.88. The van der Waals surface area contributed by atoms with E-state index in [0.29, 0.717) is 27.1 Å². The summed E-state index contributed by atoms with van der Waals surface area (Å²) in [5, 5.41) is 3.04. The summed E-state index contributed by atoms with van der Waals surface area (Å²) in [5.74, 6) is 0.531. The summed E-state index contributed by atoms with van der Waals surface area (Å²) < 4.78 is 5.43. The van der Waals surface area contributed by atoms with Crippen molar-refractivity contribution in [3.05, 3.63) is 58.4 Å². The molecule has 0 radical (unpaired) electrons. The third kappa shape index (κ3) is 3.35. The van der Waals surface area contributed by atoms with Crippen molar-refractivity contribution in [3.63, 3.8) is 0 Å². The number of nitrogens with two attached hydrogens (primary N) is 1. The summed E-state index contributed by atoms with van der Waals surface area (Å²) in [7, 11) is 0. The zero-order chi connectivity index (χ0) is 16.4. The fourth-order valence-electron chi connectivity index (χ4n) is 2.03. The van der Waals surface area contributed by atoms with Gasteiger partial charge in [0.15, 0.2) is 5.17 Å². The van der Waals surface area contributed by atoms with E-state index < -0.39 is 5.91 Å². The van der Waals surface area contributed by atoms with Crippen LogP contribution in [0.4, 0.5) is 5.69 Å². The number of nitrogens with zero attached hydrogens (tertiary/aromatic N) is 1. The van der Waals surface area contributed by atoms with Crippen molar-refractivity contribution in [1.82, 2.24) is 5.32 Å². The number of primary amides is 1. The number of furan rings is 1. The van der Waals surface area contributed by atoms with Gasteiger partial charge in [-0.15, -0.1) is 0 Å². The van der Waals surface area contributed by atoms with Gasteiger partial charge in [-0.2, -0.15) is 0 Å². The minimum absolute atomic E-state index is 0.264. The van der Waals surface area contributed by atoms with Gasteiger partial charge in [0.2, 0.25) is 0 Å². The van der Waals surface area contributed by atoms with E-state index in [1.807, 2.05) is 13.0 Å². The van der Waals surface area contributed by atoms with Crippen LogP contribution in [0.15, 0.2) is 50.7 Å². The second-order valence-electron chi connectivity index (χ2n) is 4.81. The van der Waals surface area contributed by atoms with Crippen LogP contribution in [-0.4, -0.2) is 17.0 Å². The Labute approximate surface area is 136 Å². The Morgan fingerprint density at radius 2 is 2.09 bits per heavy atom. The summed E-state index contributed by atoms with van der Waals surface area (Å²) in [5.41, 5.74) is 6.04. The molecule has 3 N–H and O–H groups in total. The largest absolute Gasteiger partial charge is 0.462 e. The number of carbonyl (C=O) groups is 2. The lowest BCUT2D eigenvalue weighted by Crippen LogP contribution is -2.19. The number of carbonyl (C=O) groups excluding carboxylic acids is 2. The van der Waals surface area contributed by atoms with E-state index in [9.17, 15) is 9.59 Å². The number of para-hydroxylation sites is 1. The first-order valence-corrected chi connectivity index (χ1v) is 7.59. The molecule has 3 rings (SSSR count). The van der Waals surface area contributed by atoms with E-state index in [1.54, 1.807) is 36.4 Å². The number of hydrogen-bond acceptors (Lipinski definition) is 5. The third-order valence-corrected chi connectivity index (χ3v) is 3.99. The molecule has 0 spiro atoms. The lowest BCUT2D eigenvalue weighted by molar-refractivity contribution is -0.115. The third-order valence-electron chi connectivity index (χ3n) is 3.08. The SMILES string of the molecule is Cc1ccc(/C=C2/SC(=Nc3ccccc3C(N)=O)NC2=O)o1. The average molecular weight is 327 g/mol. The van der Waals surface area contributed by atoms with Crippen LogP contribution in [0.5, 0.6) is 0 Å². The van der Waals surface area contributed by atoms with Crippen molar-refractivity contribution in [3.8, 4) is 0 Å². The first-order chi connectivity index (χ1) is 11.0. The molecule has 1 aromatic carbocycles. The molecule has 1 fully saturated rings. The molecule has 0 unspecified atom stereocenters. The number of nitrogens with one attached hydrogen (secondary N) is 1. The maximum Gasteiger partial charge on any atom is 0.264 e. The molecule has 1 aliphatic rings. The zero-order valence-electron chi connectivity index (χ0n) is 12.2. The number of hydrogen-bond donors (Lipinski definition) is 2.